The maximum Gasteiger partial charge on any atom is 0.469 e. The molecule has 80 valence electrons. The number of hydrogen-bond acceptors (Lipinski definition) is 5. The van der Waals surface area contributed by atoms with Gasteiger partial charge in [0.2, 0.25) is 0 Å². The van der Waals surface area contributed by atoms with Gasteiger partial charge in [0.05, 0.1) is 12.7 Å². The Hall–Kier alpha value is -0.0100. The Bertz CT molecular complexity index is 187. The zero-order valence-corrected chi connectivity index (χ0v) is 7.83. The molecule has 0 spiro atoms. The van der Waals surface area contributed by atoms with Crippen LogP contribution in [0, 0.1) is 0 Å². The summed E-state index contributed by atoms with van der Waals surface area (Å²) in [4.78, 5) is 16.4. The van der Waals surface area contributed by atoms with Crippen molar-refractivity contribution in [2.75, 3.05) is 6.61 Å². The van der Waals surface area contributed by atoms with E-state index in [4.69, 9.17) is 25.1 Å². The van der Waals surface area contributed by atoms with Crippen LogP contribution < -0.4 is 0 Å². The summed E-state index contributed by atoms with van der Waals surface area (Å²) < 4.78 is 14.1. The van der Waals surface area contributed by atoms with Gasteiger partial charge < -0.3 is 25.1 Å². The quantitative estimate of drug-likeness (QED) is 0.343. The molecule has 0 heterocycles. The predicted octanol–water partition coefficient (Wildman–Crippen LogP) is -1.80. The Kier molecular flexibility index (Phi) is 5.01. The number of hydrogen-bond donors (Lipinski definition) is 5. The normalized spacial score (nSPS) is 19.5. The summed E-state index contributed by atoms with van der Waals surface area (Å²) >= 11 is 0. The van der Waals surface area contributed by atoms with E-state index in [1.807, 2.05) is 0 Å². The van der Waals surface area contributed by atoms with Gasteiger partial charge >= 0.3 is 7.82 Å². The number of phosphoric acid groups is 1. The molecule has 0 aromatic rings. The smallest absolute Gasteiger partial charge is 0.391 e. The minimum Gasteiger partial charge on any atom is -0.391 e. The van der Waals surface area contributed by atoms with E-state index in [0.717, 1.165) is 0 Å². The summed E-state index contributed by atoms with van der Waals surface area (Å²) in [5, 5.41) is 26.7. The van der Waals surface area contributed by atoms with E-state index < -0.39 is 32.7 Å². The molecular weight excluding hydrogens is 203 g/mol. The molecule has 0 saturated carbocycles. The van der Waals surface area contributed by atoms with Crippen LogP contribution in [0.15, 0.2) is 0 Å². The van der Waals surface area contributed by atoms with Crippen molar-refractivity contribution in [3.05, 3.63) is 0 Å². The van der Waals surface area contributed by atoms with Crippen molar-refractivity contribution in [1.29, 1.82) is 0 Å². The number of rotatable bonds is 5. The van der Waals surface area contributed by atoms with Crippen LogP contribution in [-0.2, 0) is 9.09 Å². The van der Waals surface area contributed by atoms with E-state index in [1.54, 1.807) is 0 Å². The fourth-order valence-electron chi connectivity index (χ4n) is 0.594. The van der Waals surface area contributed by atoms with Gasteiger partial charge in [0, 0.05) is 0 Å². The molecule has 0 amide bonds. The standard InChI is InChI=1S/C5H13O7P/c1-3(6)5(8)4(7)2-12-13(9,10)11/h3-8H,2H2,1H3,(H2,9,10,11)/t3-,4+,5-/m0/s1. The lowest BCUT2D eigenvalue weighted by molar-refractivity contribution is -0.0689. The lowest BCUT2D eigenvalue weighted by Crippen LogP contribution is -2.38. The first kappa shape index (κ1) is 13.0. The van der Waals surface area contributed by atoms with Gasteiger partial charge in [0.15, 0.2) is 0 Å². The molecule has 5 N–H and O–H groups in total. The van der Waals surface area contributed by atoms with E-state index in [1.165, 1.54) is 6.92 Å². The highest BCUT2D eigenvalue weighted by atomic mass is 31.2. The van der Waals surface area contributed by atoms with Gasteiger partial charge in [0.1, 0.15) is 12.2 Å². The van der Waals surface area contributed by atoms with Crippen LogP contribution in [-0.4, -0.2) is 50.0 Å². The third kappa shape index (κ3) is 6.11. The zero-order valence-electron chi connectivity index (χ0n) is 6.94. The zero-order chi connectivity index (χ0) is 10.6. The first-order valence-corrected chi connectivity index (χ1v) is 5.01. The van der Waals surface area contributed by atoms with Crippen molar-refractivity contribution < 1.29 is 34.2 Å². The minimum absolute atomic E-state index is 0.740. The Morgan fingerprint density at radius 2 is 1.77 bits per heavy atom. The van der Waals surface area contributed by atoms with Gasteiger partial charge in [-0.05, 0) is 6.92 Å². The molecule has 0 bridgehead atoms. The highest BCUT2D eigenvalue weighted by Gasteiger charge is 2.24. The molecule has 0 radical (unpaired) electrons. The monoisotopic (exact) mass is 216 g/mol. The van der Waals surface area contributed by atoms with Crippen molar-refractivity contribution in [2.24, 2.45) is 0 Å². The maximum absolute atomic E-state index is 10.1. The van der Waals surface area contributed by atoms with Crippen LogP contribution in [0.25, 0.3) is 0 Å². The van der Waals surface area contributed by atoms with Gasteiger partial charge in [-0.3, -0.25) is 4.52 Å². The molecule has 0 aromatic carbocycles. The van der Waals surface area contributed by atoms with Crippen molar-refractivity contribution in [2.45, 2.75) is 25.2 Å². The molecule has 0 rings (SSSR count). The third-order valence-corrected chi connectivity index (χ3v) is 1.79. The summed E-state index contributed by atoms with van der Waals surface area (Å²) in [6.45, 7) is 0.488. The molecule has 0 aliphatic carbocycles. The number of aliphatic hydroxyl groups is 3. The van der Waals surface area contributed by atoms with Crippen molar-refractivity contribution >= 4 is 7.82 Å². The number of aliphatic hydroxyl groups excluding tert-OH is 3. The summed E-state index contributed by atoms with van der Waals surface area (Å²) in [5.74, 6) is 0. The topological polar surface area (TPSA) is 127 Å². The minimum atomic E-state index is -4.64. The van der Waals surface area contributed by atoms with E-state index >= 15 is 0 Å². The van der Waals surface area contributed by atoms with E-state index in [2.05, 4.69) is 4.52 Å². The SMILES string of the molecule is C[C@H](O)[C@H](O)[C@H](O)COP(=O)(O)O. The Labute approximate surface area is 74.8 Å². The lowest BCUT2D eigenvalue weighted by Gasteiger charge is -2.19. The van der Waals surface area contributed by atoms with Crippen LogP contribution in [0.3, 0.4) is 0 Å². The molecule has 0 unspecified atom stereocenters. The van der Waals surface area contributed by atoms with Gasteiger partial charge in [-0.1, -0.05) is 0 Å². The molecular formula is C5H13O7P. The van der Waals surface area contributed by atoms with Crippen LogP contribution in [0.1, 0.15) is 6.92 Å². The Balaban J connectivity index is 3.88. The van der Waals surface area contributed by atoms with Crippen LogP contribution in [0.2, 0.25) is 0 Å². The van der Waals surface area contributed by atoms with Crippen molar-refractivity contribution in [3.8, 4) is 0 Å². The van der Waals surface area contributed by atoms with Gasteiger partial charge in [-0.25, -0.2) is 4.57 Å². The maximum atomic E-state index is 10.1. The second-order valence-electron chi connectivity index (χ2n) is 2.58. The summed E-state index contributed by atoms with van der Waals surface area (Å²) in [6, 6.07) is 0. The largest absolute Gasteiger partial charge is 0.469 e. The van der Waals surface area contributed by atoms with Gasteiger partial charge in [-0.2, -0.15) is 0 Å². The lowest BCUT2D eigenvalue weighted by atomic mass is 10.1. The second-order valence-corrected chi connectivity index (χ2v) is 3.82. The first-order valence-electron chi connectivity index (χ1n) is 3.48. The molecule has 0 saturated heterocycles. The molecule has 7 nitrogen and oxygen atoms in total. The van der Waals surface area contributed by atoms with Gasteiger partial charge in [-0.15, -0.1) is 0 Å². The predicted molar refractivity (Wildman–Crippen MR) is 41.7 cm³/mol. The third-order valence-electron chi connectivity index (χ3n) is 1.30. The summed E-state index contributed by atoms with van der Waals surface area (Å²) in [7, 11) is -4.64. The molecule has 3 atom stereocenters. The summed E-state index contributed by atoms with van der Waals surface area (Å²) in [5.41, 5.74) is 0. The molecule has 13 heavy (non-hydrogen) atoms. The highest BCUT2D eigenvalue weighted by molar-refractivity contribution is 7.46. The van der Waals surface area contributed by atoms with E-state index in [-0.39, 0.29) is 0 Å². The fourth-order valence-corrected chi connectivity index (χ4v) is 0.940. The van der Waals surface area contributed by atoms with E-state index in [9.17, 15) is 4.57 Å². The average molecular weight is 216 g/mol. The van der Waals surface area contributed by atoms with Crippen molar-refractivity contribution in [1.82, 2.24) is 0 Å². The van der Waals surface area contributed by atoms with Gasteiger partial charge in [0.25, 0.3) is 0 Å². The molecule has 8 heteroatoms. The van der Waals surface area contributed by atoms with Crippen LogP contribution >= 0.6 is 7.82 Å². The van der Waals surface area contributed by atoms with Crippen LogP contribution in [0.4, 0.5) is 0 Å². The number of phosphoric ester groups is 1. The first-order chi connectivity index (χ1) is 5.74. The molecule has 0 aliphatic heterocycles. The average Bonchev–Trinajstić information content (AvgIpc) is 1.97. The summed E-state index contributed by atoms with van der Waals surface area (Å²) in [6.07, 6.45) is -4.23. The van der Waals surface area contributed by atoms with E-state index in [0.29, 0.717) is 0 Å². The van der Waals surface area contributed by atoms with Crippen LogP contribution in [0.5, 0.6) is 0 Å². The molecule has 0 aromatic heterocycles. The molecule has 0 aliphatic rings. The molecule has 0 fully saturated rings. The van der Waals surface area contributed by atoms with Crippen molar-refractivity contribution in [3.63, 3.8) is 0 Å². The highest BCUT2D eigenvalue weighted by Crippen LogP contribution is 2.35. The second kappa shape index (κ2) is 5.02. The Morgan fingerprint density at radius 1 is 1.31 bits per heavy atom. The Morgan fingerprint density at radius 3 is 2.08 bits per heavy atom. The fraction of sp³-hybridized carbons (Fsp3) is 1.00.